The second-order valence-corrected chi connectivity index (χ2v) is 8.74. The van der Waals surface area contributed by atoms with Gasteiger partial charge in [0, 0.05) is 34.8 Å². The molecule has 30 heavy (non-hydrogen) atoms. The fourth-order valence-corrected chi connectivity index (χ4v) is 4.24. The van der Waals surface area contributed by atoms with Gasteiger partial charge in [0.25, 0.3) is 0 Å². The van der Waals surface area contributed by atoms with E-state index in [0.29, 0.717) is 46.8 Å². The van der Waals surface area contributed by atoms with Crippen LogP contribution in [0.1, 0.15) is 42.9 Å². The van der Waals surface area contributed by atoms with Crippen molar-refractivity contribution in [2.24, 2.45) is 0 Å². The van der Waals surface area contributed by atoms with Gasteiger partial charge in [-0.3, -0.25) is 5.41 Å². The van der Waals surface area contributed by atoms with Gasteiger partial charge in [-0.1, -0.05) is 42.7 Å². The van der Waals surface area contributed by atoms with Crippen LogP contribution >= 0.6 is 22.9 Å². The van der Waals surface area contributed by atoms with Crippen LogP contribution in [-0.2, 0) is 6.42 Å². The molecule has 0 saturated carbocycles. The number of aromatic nitrogens is 3. The summed E-state index contributed by atoms with van der Waals surface area (Å²) in [4.78, 5) is 10.9. The van der Waals surface area contributed by atoms with Gasteiger partial charge in [-0.25, -0.2) is 4.98 Å². The van der Waals surface area contributed by atoms with E-state index in [1.807, 2.05) is 48.4 Å². The molecule has 1 aliphatic rings. The maximum absolute atomic E-state index is 10.5. The van der Waals surface area contributed by atoms with Gasteiger partial charge < -0.3 is 14.5 Å². The number of nitrogens with zero attached hydrogens (tertiary/aromatic N) is 4. The lowest BCUT2D eigenvalue weighted by Gasteiger charge is -2.17. The Balaban J connectivity index is 1.39. The summed E-state index contributed by atoms with van der Waals surface area (Å²) in [6.45, 7) is 4.96. The summed E-state index contributed by atoms with van der Waals surface area (Å²) < 4.78 is 5.27. The minimum atomic E-state index is 0.178. The minimum Gasteiger partial charge on any atom is -0.510 e. The Morgan fingerprint density at radius 2 is 2.03 bits per heavy atom. The molecule has 0 bridgehead atoms. The molecule has 0 amide bonds. The summed E-state index contributed by atoms with van der Waals surface area (Å²) in [6, 6.07) is 7.45. The van der Waals surface area contributed by atoms with E-state index in [4.69, 9.17) is 21.5 Å². The Hall–Kier alpha value is -2.71. The quantitative estimate of drug-likeness (QED) is 0.522. The van der Waals surface area contributed by atoms with E-state index in [2.05, 4.69) is 15.1 Å². The molecule has 0 aliphatic carbocycles. The van der Waals surface area contributed by atoms with Crippen molar-refractivity contribution >= 4 is 34.3 Å². The number of benzene rings is 1. The first-order valence-electron chi connectivity index (χ1n) is 9.72. The number of aliphatic hydroxyl groups excluding tert-OH is 1. The van der Waals surface area contributed by atoms with E-state index in [0.717, 1.165) is 17.7 Å². The summed E-state index contributed by atoms with van der Waals surface area (Å²) in [6.07, 6.45) is 1.38. The van der Waals surface area contributed by atoms with E-state index >= 15 is 0 Å². The maximum Gasteiger partial charge on any atom is 0.226 e. The number of nitrogens with one attached hydrogen (secondary N) is 1. The van der Waals surface area contributed by atoms with Crippen LogP contribution in [0.15, 0.2) is 39.9 Å². The number of halogens is 1. The third kappa shape index (κ3) is 4.24. The molecule has 2 aromatic heterocycles. The van der Waals surface area contributed by atoms with Crippen LogP contribution < -0.4 is 0 Å². The number of aliphatic hydroxyl groups is 1. The highest BCUT2D eigenvalue weighted by atomic mass is 35.5. The molecular weight excluding hydrogens is 422 g/mol. The number of hydrogen-bond acceptors (Lipinski definition) is 7. The van der Waals surface area contributed by atoms with Crippen molar-refractivity contribution in [1.82, 2.24) is 20.0 Å². The van der Waals surface area contributed by atoms with E-state index in [1.165, 1.54) is 11.3 Å². The van der Waals surface area contributed by atoms with Crippen LogP contribution in [0.5, 0.6) is 0 Å². The van der Waals surface area contributed by atoms with Crippen molar-refractivity contribution in [3.8, 4) is 11.3 Å². The van der Waals surface area contributed by atoms with Crippen molar-refractivity contribution in [2.75, 3.05) is 13.1 Å². The molecule has 0 radical (unpaired) electrons. The summed E-state index contributed by atoms with van der Waals surface area (Å²) in [5.74, 6) is 2.01. The highest BCUT2D eigenvalue weighted by Crippen LogP contribution is 2.32. The summed E-state index contributed by atoms with van der Waals surface area (Å²) in [7, 11) is 0. The first kappa shape index (κ1) is 20.6. The zero-order valence-electron chi connectivity index (χ0n) is 16.7. The lowest BCUT2D eigenvalue weighted by Crippen LogP contribution is -2.28. The van der Waals surface area contributed by atoms with Crippen LogP contribution in [0.25, 0.3) is 16.8 Å². The fourth-order valence-electron chi connectivity index (χ4n) is 3.22. The largest absolute Gasteiger partial charge is 0.510 e. The standard InChI is InChI=1S/C21H22ClN5O2S/c1-12(2)20-25-17(29-26-20)4-3-9-27-10-16(28)18(19(27)23)21-24-15(11-30-21)13-5-7-14(22)8-6-13/h5-8,11-12,23,28H,3-4,9-10H2,1-2H3. The van der Waals surface area contributed by atoms with E-state index in [9.17, 15) is 5.11 Å². The average Bonchev–Trinajstić information content (AvgIpc) is 3.43. The molecule has 1 aliphatic heterocycles. The molecule has 7 nitrogen and oxygen atoms in total. The number of amidine groups is 1. The van der Waals surface area contributed by atoms with Crippen molar-refractivity contribution in [3.63, 3.8) is 0 Å². The number of hydrogen-bond donors (Lipinski definition) is 2. The first-order valence-corrected chi connectivity index (χ1v) is 11.0. The molecule has 0 atom stereocenters. The van der Waals surface area contributed by atoms with Crippen LogP contribution in [-0.4, -0.2) is 44.1 Å². The monoisotopic (exact) mass is 443 g/mol. The summed E-state index contributed by atoms with van der Waals surface area (Å²) >= 11 is 7.37. The Kier molecular flexibility index (Phi) is 5.87. The van der Waals surface area contributed by atoms with Gasteiger partial charge in [0.1, 0.15) is 16.6 Å². The minimum absolute atomic E-state index is 0.178. The zero-order valence-corrected chi connectivity index (χ0v) is 18.3. The zero-order chi connectivity index (χ0) is 21.3. The Labute approximate surface area is 183 Å². The SMILES string of the molecule is CC(C)c1noc(CCCN2CC(O)=C(c3nc(-c4ccc(Cl)cc4)cs3)C2=N)n1. The smallest absolute Gasteiger partial charge is 0.226 e. The fraction of sp³-hybridized carbons (Fsp3) is 0.333. The molecule has 2 N–H and O–H groups in total. The highest BCUT2D eigenvalue weighted by Gasteiger charge is 2.30. The second kappa shape index (κ2) is 8.57. The van der Waals surface area contributed by atoms with Crippen LogP contribution in [0.3, 0.4) is 0 Å². The molecule has 4 rings (SSSR count). The molecule has 3 heterocycles. The lowest BCUT2D eigenvalue weighted by atomic mass is 10.2. The number of aryl methyl sites for hydroxylation is 1. The predicted molar refractivity (Wildman–Crippen MR) is 118 cm³/mol. The Morgan fingerprint density at radius 3 is 2.73 bits per heavy atom. The molecule has 3 aromatic rings. The van der Waals surface area contributed by atoms with E-state index < -0.39 is 0 Å². The van der Waals surface area contributed by atoms with Crippen LogP contribution in [0, 0.1) is 5.41 Å². The van der Waals surface area contributed by atoms with Crippen molar-refractivity contribution < 1.29 is 9.63 Å². The molecule has 0 fully saturated rings. The third-order valence-electron chi connectivity index (χ3n) is 4.86. The normalized spacial score (nSPS) is 14.4. The van der Waals surface area contributed by atoms with Crippen LogP contribution in [0.2, 0.25) is 5.02 Å². The van der Waals surface area contributed by atoms with Gasteiger partial charge >= 0.3 is 0 Å². The Morgan fingerprint density at radius 1 is 1.27 bits per heavy atom. The van der Waals surface area contributed by atoms with Gasteiger partial charge in [-0.15, -0.1) is 11.3 Å². The summed E-state index contributed by atoms with van der Waals surface area (Å²) in [5.41, 5.74) is 2.25. The molecule has 0 saturated heterocycles. The van der Waals surface area contributed by atoms with E-state index in [1.54, 1.807) is 0 Å². The van der Waals surface area contributed by atoms with Gasteiger partial charge in [0.2, 0.25) is 5.89 Å². The van der Waals surface area contributed by atoms with Crippen molar-refractivity contribution in [2.45, 2.75) is 32.6 Å². The highest BCUT2D eigenvalue weighted by molar-refractivity contribution is 7.11. The second-order valence-electron chi connectivity index (χ2n) is 7.44. The van der Waals surface area contributed by atoms with Gasteiger partial charge in [0.05, 0.1) is 17.8 Å². The molecule has 0 spiro atoms. The predicted octanol–water partition coefficient (Wildman–Crippen LogP) is 5.16. The summed E-state index contributed by atoms with van der Waals surface area (Å²) in [5, 5.41) is 26.2. The maximum atomic E-state index is 10.5. The third-order valence-corrected chi connectivity index (χ3v) is 5.97. The Bertz CT molecular complexity index is 1090. The van der Waals surface area contributed by atoms with Gasteiger partial charge in [0.15, 0.2) is 5.82 Å². The number of thiazole rings is 1. The molecule has 9 heteroatoms. The molecule has 1 aromatic carbocycles. The lowest BCUT2D eigenvalue weighted by molar-refractivity contribution is 0.336. The number of rotatable bonds is 7. The first-order chi connectivity index (χ1) is 14.4. The van der Waals surface area contributed by atoms with Crippen molar-refractivity contribution in [1.29, 1.82) is 5.41 Å². The van der Waals surface area contributed by atoms with E-state index in [-0.39, 0.29) is 17.5 Å². The average molecular weight is 444 g/mol. The van der Waals surface area contributed by atoms with Crippen molar-refractivity contribution in [3.05, 3.63) is 57.2 Å². The van der Waals surface area contributed by atoms with Crippen LogP contribution in [0.4, 0.5) is 0 Å². The molecule has 0 unspecified atom stereocenters. The molecule has 156 valence electrons. The topological polar surface area (TPSA) is 99.1 Å². The van der Waals surface area contributed by atoms with Gasteiger partial charge in [-0.2, -0.15) is 4.98 Å². The van der Waals surface area contributed by atoms with Gasteiger partial charge in [-0.05, 0) is 18.6 Å². The molecular formula is C21H22ClN5O2S.